The standard InChI is InChI=1S/C11H17NO4/c1-2-10(13)12-6-3-9(4-7-12)16-8-5-11(14)15/h2,9H,1,3-8H2,(H,14,15). The number of ether oxygens (including phenoxy) is 1. The van der Waals surface area contributed by atoms with Crippen molar-refractivity contribution in [1.29, 1.82) is 0 Å². The summed E-state index contributed by atoms with van der Waals surface area (Å²) in [6.45, 7) is 4.99. The van der Waals surface area contributed by atoms with Crippen molar-refractivity contribution in [2.45, 2.75) is 25.4 Å². The van der Waals surface area contributed by atoms with E-state index in [4.69, 9.17) is 9.84 Å². The number of hydrogen-bond acceptors (Lipinski definition) is 3. The second-order valence-electron chi connectivity index (χ2n) is 3.74. The number of amides is 1. The molecule has 1 N–H and O–H groups in total. The molecule has 0 spiro atoms. The van der Waals surface area contributed by atoms with Crippen LogP contribution in [0.4, 0.5) is 0 Å². The van der Waals surface area contributed by atoms with Gasteiger partial charge < -0.3 is 14.7 Å². The Morgan fingerprint density at radius 3 is 2.56 bits per heavy atom. The number of carboxylic acids is 1. The zero-order valence-corrected chi connectivity index (χ0v) is 9.22. The number of nitrogens with zero attached hydrogens (tertiary/aromatic N) is 1. The molecule has 1 saturated heterocycles. The highest BCUT2D eigenvalue weighted by molar-refractivity contribution is 5.87. The van der Waals surface area contributed by atoms with Crippen molar-refractivity contribution in [3.63, 3.8) is 0 Å². The Bertz CT molecular complexity index is 269. The van der Waals surface area contributed by atoms with Crippen LogP contribution in [0, 0.1) is 0 Å². The summed E-state index contributed by atoms with van der Waals surface area (Å²) < 4.78 is 5.41. The average molecular weight is 227 g/mol. The van der Waals surface area contributed by atoms with Gasteiger partial charge in [0.2, 0.25) is 5.91 Å². The zero-order valence-electron chi connectivity index (χ0n) is 9.22. The van der Waals surface area contributed by atoms with E-state index in [-0.39, 0.29) is 25.0 Å². The third kappa shape index (κ3) is 4.02. The number of carboxylic acid groups (broad SMARTS) is 1. The molecule has 0 aromatic rings. The van der Waals surface area contributed by atoms with E-state index in [9.17, 15) is 9.59 Å². The minimum Gasteiger partial charge on any atom is -0.481 e. The lowest BCUT2D eigenvalue weighted by atomic mass is 10.1. The van der Waals surface area contributed by atoms with Crippen LogP contribution in [0.25, 0.3) is 0 Å². The third-order valence-corrected chi connectivity index (χ3v) is 2.60. The predicted octanol–water partition coefficient (Wildman–Crippen LogP) is 0.655. The normalized spacial score (nSPS) is 17.1. The van der Waals surface area contributed by atoms with Crippen LogP contribution < -0.4 is 0 Å². The topological polar surface area (TPSA) is 66.8 Å². The van der Waals surface area contributed by atoms with Gasteiger partial charge in [-0.25, -0.2) is 0 Å². The van der Waals surface area contributed by atoms with Crippen molar-refractivity contribution in [3.8, 4) is 0 Å². The van der Waals surface area contributed by atoms with Gasteiger partial charge in [-0.3, -0.25) is 9.59 Å². The second kappa shape index (κ2) is 6.27. The van der Waals surface area contributed by atoms with Gasteiger partial charge in [0.15, 0.2) is 0 Å². The third-order valence-electron chi connectivity index (χ3n) is 2.60. The summed E-state index contributed by atoms with van der Waals surface area (Å²) in [5, 5.41) is 8.45. The second-order valence-corrected chi connectivity index (χ2v) is 3.74. The molecule has 1 heterocycles. The van der Waals surface area contributed by atoms with E-state index in [1.807, 2.05) is 0 Å². The molecule has 0 saturated carbocycles. The summed E-state index contributed by atoms with van der Waals surface area (Å²) in [5.74, 6) is -0.900. The fourth-order valence-corrected chi connectivity index (χ4v) is 1.68. The SMILES string of the molecule is C=CC(=O)N1CCC(OCCC(=O)O)CC1. The molecule has 5 heteroatoms. The summed E-state index contributed by atoms with van der Waals surface area (Å²) in [6.07, 6.45) is 2.95. The quantitative estimate of drug-likeness (QED) is 0.700. The van der Waals surface area contributed by atoms with Crippen molar-refractivity contribution >= 4 is 11.9 Å². The summed E-state index contributed by atoms with van der Waals surface area (Å²) in [6, 6.07) is 0. The molecule has 1 amide bonds. The Morgan fingerprint density at radius 1 is 1.44 bits per heavy atom. The van der Waals surface area contributed by atoms with Crippen LogP contribution in [0.1, 0.15) is 19.3 Å². The molecule has 0 bridgehead atoms. The number of piperidine rings is 1. The minimum atomic E-state index is -0.848. The first kappa shape index (κ1) is 12.7. The number of rotatable bonds is 5. The Hall–Kier alpha value is -1.36. The van der Waals surface area contributed by atoms with Crippen LogP contribution in [0.15, 0.2) is 12.7 Å². The predicted molar refractivity (Wildman–Crippen MR) is 58.0 cm³/mol. The van der Waals surface area contributed by atoms with Crippen LogP contribution in [0.3, 0.4) is 0 Å². The smallest absolute Gasteiger partial charge is 0.305 e. The highest BCUT2D eigenvalue weighted by atomic mass is 16.5. The molecule has 5 nitrogen and oxygen atoms in total. The maximum absolute atomic E-state index is 11.3. The average Bonchev–Trinajstić information content (AvgIpc) is 2.28. The molecule has 0 aromatic heterocycles. The van der Waals surface area contributed by atoms with Gasteiger partial charge in [-0.2, -0.15) is 0 Å². The molecule has 1 aliphatic rings. The molecule has 1 rings (SSSR count). The fourth-order valence-electron chi connectivity index (χ4n) is 1.68. The van der Waals surface area contributed by atoms with Crippen molar-refractivity contribution < 1.29 is 19.4 Å². The van der Waals surface area contributed by atoms with Gasteiger partial charge in [-0.05, 0) is 18.9 Å². The monoisotopic (exact) mass is 227 g/mol. The minimum absolute atomic E-state index is 0.0335. The molecule has 0 atom stereocenters. The van der Waals surface area contributed by atoms with Gasteiger partial charge >= 0.3 is 5.97 Å². The summed E-state index contributed by atoms with van der Waals surface area (Å²) in [7, 11) is 0. The first-order valence-corrected chi connectivity index (χ1v) is 5.38. The lowest BCUT2D eigenvalue weighted by Gasteiger charge is -2.31. The first-order chi connectivity index (χ1) is 7.63. The van der Waals surface area contributed by atoms with Crippen LogP contribution in [-0.2, 0) is 14.3 Å². The van der Waals surface area contributed by atoms with Gasteiger partial charge in [0.05, 0.1) is 19.1 Å². The molecule has 90 valence electrons. The van der Waals surface area contributed by atoms with Gasteiger partial charge in [0.1, 0.15) is 0 Å². The van der Waals surface area contributed by atoms with E-state index in [2.05, 4.69) is 6.58 Å². The Kier molecular flexibility index (Phi) is 4.98. The van der Waals surface area contributed by atoms with Gasteiger partial charge in [0.25, 0.3) is 0 Å². The molecule has 1 aliphatic heterocycles. The molecule has 1 fully saturated rings. The van der Waals surface area contributed by atoms with Crippen LogP contribution in [0.5, 0.6) is 0 Å². The zero-order chi connectivity index (χ0) is 12.0. The maximum atomic E-state index is 11.3. The number of carbonyl (C=O) groups is 2. The van der Waals surface area contributed by atoms with Crippen molar-refractivity contribution in [2.75, 3.05) is 19.7 Å². The van der Waals surface area contributed by atoms with E-state index >= 15 is 0 Å². The molecule has 0 radical (unpaired) electrons. The van der Waals surface area contributed by atoms with E-state index in [1.165, 1.54) is 6.08 Å². The van der Waals surface area contributed by atoms with Crippen molar-refractivity contribution in [1.82, 2.24) is 4.90 Å². The van der Waals surface area contributed by atoms with Gasteiger partial charge in [-0.1, -0.05) is 6.58 Å². The lowest BCUT2D eigenvalue weighted by molar-refractivity contribution is -0.138. The Labute approximate surface area is 94.7 Å². The summed E-state index contributed by atoms with van der Waals surface area (Å²) in [4.78, 5) is 23.3. The number of likely N-dealkylation sites (tertiary alicyclic amines) is 1. The first-order valence-electron chi connectivity index (χ1n) is 5.38. The lowest BCUT2D eigenvalue weighted by Crippen LogP contribution is -2.40. The number of carbonyl (C=O) groups excluding carboxylic acids is 1. The van der Waals surface area contributed by atoms with E-state index in [0.717, 1.165) is 12.8 Å². The molecular weight excluding hydrogens is 210 g/mol. The highest BCUT2D eigenvalue weighted by Gasteiger charge is 2.21. The highest BCUT2D eigenvalue weighted by Crippen LogP contribution is 2.14. The summed E-state index contributed by atoms with van der Waals surface area (Å²) in [5.41, 5.74) is 0. The van der Waals surface area contributed by atoms with E-state index in [0.29, 0.717) is 13.1 Å². The maximum Gasteiger partial charge on any atom is 0.305 e. The molecular formula is C11H17NO4. The molecule has 16 heavy (non-hydrogen) atoms. The van der Waals surface area contributed by atoms with Crippen LogP contribution >= 0.6 is 0 Å². The molecule has 0 unspecified atom stereocenters. The fraction of sp³-hybridized carbons (Fsp3) is 0.636. The van der Waals surface area contributed by atoms with Gasteiger partial charge in [0, 0.05) is 13.1 Å². The van der Waals surface area contributed by atoms with Gasteiger partial charge in [-0.15, -0.1) is 0 Å². The van der Waals surface area contributed by atoms with E-state index < -0.39 is 5.97 Å². The van der Waals surface area contributed by atoms with Crippen molar-refractivity contribution in [2.24, 2.45) is 0 Å². The van der Waals surface area contributed by atoms with Crippen molar-refractivity contribution in [3.05, 3.63) is 12.7 Å². The van der Waals surface area contributed by atoms with Crippen LogP contribution in [0.2, 0.25) is 0 Å². The number of aliphatic carboxylic acids is 1. The number of hydrogen-bond donors (Lipinski definition) is 1. The Balaban J connectivity index is 2.19. The Morgan fingerprint density at radius 2 is 2.06 bits per heavy atom. The van der Waals surface area contributed by atoms with E-state index in [1.54, 1.807) is 4.90 Å². The molecule has 0 aromatic carbocycles. The summed E-state index contributed by atoms with van der Waals surface area (Å²) >= 11 is 0. The van der Waals surface area contributed by atoms with Crippen LogP contribution in [-0.4, -0.2) is 47.7 Å². The molecule has 0 aliphatic carbocycles. The largest absolute Gasteiger partial charge is 0.481 e.